The van der Waals surface area contributed by atoms with Crippen molar-refractivity contribution in [1.82, 2.24) is 15.6 Å². The second-order valence-corrected chi connectivity index (χ2v) is 7.04. The van der Waals surface area contributed by atoms with Crippen LogP contribution in [-0.2, 0) is 17.8 Å². The average Bonchev–Trinajstić information content (AvgIpc) is 2.66. The highest BCUT2D eigenvalue weighted by Gasteiger charge is 2.06. The Morgan fingerprint density at radius 3 is 2.71 bits per heavy atom. The molecule has 0 aliphatic rings. The molecule has 0 saturated carbocycles. The van der Waals surface area contributed by atoms with Crippen LogP contribution in [0.1, 0.15) is 38.4 Å². The van der Waals surface area contributed by atoms with E-state index in [1.54, 1.807) is 0 Å². The fourth-order valence-electron chi connectivity index (χ4n) is 2.70. The average molecular weight is 382 g/mol. The van der Waals surface area contributed by atoms with Crippen LogP contribution in [-0.4, -0.2) is 29.9 Å². The number of amides is 1. The number of rotatable bonds is 9. The third kappa shape index (κ3) is 8.20. The van der Waals surface area contributed by atoms with E-state index in [1.807, 2.05) is 69.4 Å². The Balaban J connectivity index is 1.90. The SMILES string of the molecule is CCNC(=NCc1cccc(NC(=O)CC(C)C)c1)NCCc1ccccn1. The van der Waals surface area contributed by atoms with Crippen LogP contribution in [0.5, 0.6) is 0 Å². The van der Waals surface area contributed by atoms with Gasteiger partial charge >= 0.3 is 0 Å². The molecule has 0 saturated heterocycles. The van der Waals surface area contributed by atoms with Crippen molar-refractivity contribution in [2.75, 3.05) is 18.4 Å². The fourth-order valence-corrected chi connectivity index (χ4v) is 2.70. The maximum absolute atomic E-state index is 12.0. The highest BCUT2D eigenvalue weighted by molar-refractivity contribution is 5.90. The van der Waals surface area contributed by atoms with Crippen LogP contribution in [0, 0.1) is 5.92 Å². The van der Waals surface area contributed by atoms with Crippen molar-refractivity contribution in [1.29, 1.82) is 0 Å². The van der Waals surface area contributed by atoms with Gasteiger partial charge in [0.25, 0.3) is 0 Å². The fraction of sp³-hybridized carbons (Fsp3) is 0.409. The van der Waals surface area contributed by atoms with E-state index >= 15 is 0 Å². The van der Waals surface area contributed by atoms with E-state index in [-0.39, 0.29) is 5.91 Å². The van der Waals surface area contributed by atoms with Crippen LogP contribution in [0.3, 0.4) is 0 Å². The summed E-state index contributed by atoms with van der Waals surface area (Å²) in [5, 5.41) is 9.55. The monoisotopic (exact) mass is 381 g/mol. The molecule has 0 atom stereocenters. The zero-order chi connectivity index (χ0) is 20.2. The maximum atomic E-state index is 12.0. The first-order valence-electron chi connectivity index (χ1n) is 9.87. The van der Waals surface area contributed by atoms with E-state index in [2.05, 4.69) is 25.9 Å². The molecular weight excluding hydrogens is 350 g/mol. The number of anilines is 1. The van der Waals surface area contributed by atoms with Crippen molar-refractivity contribution < 1.29 is 4.79 Å². The van der Waals surface area contributed by atoms with Crippen molar-refractivity contribution in [2.45, 2.75) is 40.2 Å². The van der Waals surface area contributed by atoms with Gasteiger partial charge in [-0.15, -0.1) is 0 Å². The maximum Gasteiger partial charge on any atom is 0.224 e. The second kappa shape index (κ2) is 11.7. The lowest BCUT2D eigenvalue weighted by atomic mass is 10.1. The molecular formula is C22H31N5O. The van der Waals surface area contributed by atoms with Gasteiger partial charge in [0.15, 0.2) is 5.96 Å². The molecule has 2 rings (SSSR count). The Morgan fingerprint density at radius 1 is 1.14 bits per heavy atom. The number of carbonyl (C=O) groups is 1. The van der Waals surface area contributed by atoms with Gasteiger partial charge in [-0.05, 0) is 42.7 Å². The van der Waals surface area contributed by atoms with Gasteiger partial charge in [0.05, 0.1) is 6.54 Å². The van der Waals surface area contributed by atoms with Gasteiger partial charge in [-0.1, -0.05) is 32.0 Å². The topological polar surface area (TPSA) is 78.4 Å². The summed E-state index contributed by atoms with van der Waals surface area (Å²) >= 11 is 0. The third-order valence-electron chi connectivity index (χ3n) is 3.97. The molecule has 28 heavy (non-hydrogen) atoms. The second-order valence-electron chi connectivity index (χ2n) is 7.04. The lowest BCUT2D eigenvalue weighted by Crippen LogP contribution is -2.38. The molecule has 0 unspecified atom stereocenters. The lowest BCUT2D eigenvalue weighted by Gasteiger charge is -2.12. The largest absolute Gasteiger partial charge is 0.357 e. The van der Waals surface area contributed by atoms with Gasteiger partial charge in [-0.2, -0.15) is 0 Å². The van der Waals surface area contributed by atoms with Crippen molar-refractivity contribution in [3.63, 3.8) is 0 Å². The van der Waals surface area contributed by atoms with Crippen molar-refractivity contribution in [3.05, 3.63) is 59.9 Å². The summed E-state index contributed by atoms with van der Waals surface area (Å²) in [4.78, 5) is 20.9. The minimum absolute atomic E-state index is 0.0418. The zero-order valence-corrected chi connectivity index (χ0v) is 17.0. The number of aromatic nitrogens is 1. The zero-order valence-electron chi connectivity index (χ0n) is 17.0. The summed E-state index contributed by atoms with van der Waals surface area (Å²) in [6.07, 6.45) is 3.16. The number of aliphatic imine (C=N–C) groups is 1. The van der Waals surface area contributed by atoms with Crippen molar-refractivity contribution in [3.8, 4) is 0 Å². The van der Waals surface area contributed by atoms with Crippen LogP contribution in [0.25, 0.3) is 0 Å². The molecule has 0 spiro atoms. The van der Waals surface area contributed by atoms with Gasteiger partial charge < -0.3 is 16.0 Å². The van der Waals surface area contributed by atoms with Crippen LogP contribution >= 0.6 is 0 Å². The summed E-state index contributed by atoms with van der Waals surface area (Å²) in [7, 11) is 0. The molecule has 0 fully saturated rings. The quantitative estimate of drug-likeness (QED) is 0.460. The van der Waals surface area contributed by atoms with E-state index in [0.29, 0.717) is 18.9 Å². The molecule has 0 aliphatic carbocycles. The molecule has 1 heterocycles. The van der Waals surface area contributed by atoms with Crippen LogP contribution in [0.2, 0.25) is 0 Å². The third-order valence-corrected chi connectivity index (χ3v) is 3.97. The summed E-state index contributed by atoms with van der Waals surface area (Å²) < 4.78 is 0. The molecule has 150 valence electrons. The number of hydrogen-bond donors (Lipinski definition) is 3. The van der Waals surface area contributed by atoms with Gasteiger partial charge in [-0.25, -0.2) is 4.99 Å². The number of guanidine groups is 1. The summed E-state index contributed by atoms with van der Waals surface area (Å²) in [6.45, 7) is 8.20. The van der Waals surface area contributed by atoms with E-state index in [0.717, 1.165) is 42.4 Å². The highest BCUT2D eigenvalue weighted by atomic mass is 16.1. The standard InChI is InChI=1S/C22H31N5O/c1-4-23-22(25-13-11-19-9-5-6-12-24-19)26-16-18-8-7-10-20(15-18)27-21(28)14-17(2)3/h5-10,12,15,17H,4,11,13-14,16H2,1-3H3,(H,27,28)(H2,23,25,26). The Hall–Kier alpha value is -2.89. The Bertz CT molecular complexity index is 759. The number of nitrogens with zero attached hydrogens (tertiary/aromatic N) is 2. The van der Waals surface area contributed by atoms with E-state index in [4.69, 9.17) is 0 Å². The van der Waals surface area contributed by atoms with Gasteiger partial charge in [0, 0.05) is 43.5 Å². The molecule has 0 radical (unpaired) electrons. The molecule has 1 amide bonds. The van der Waals surface area contributed by atoms with Gasteiger partial charge in [0.2, 0.25) is 5.91 Å². The first-order chi connectivity index (χ1) is 13.6. The van der Waals surface area contributed by atoms with Crippen molar-refractivity contribution >= 4 is 17.6 Å². The predicted octanol–water partition coefficient (Wildman–Crippen LogP) is 3.36. The number of carbonyl (C=O) groups excluding carboxylic acids is 1. The van der Waals surface area contributed by atoms with Gasteiger partial charge in [-0.3, -0.25) is 9.78 Å². The van der Waals surface area contributed by atoms with Gasteiger partial charge in [0.1, 0.15) is 0 Å². The molecule has 6 nitrogen and oxygen atoms in total. The molecule has 3 N–H and O–H groups in total. The minimum atomic E-state index is 0.0418. The minimum Gasteiger partial charge on any atom is -0.357 e. The molecule has 0 bridgehead atoms. The van der Waals surface area contributed by atoms with Crippen LogP contribution < -0.4 is 16.0 Å². The number of nitrogens with one attached hydrogen (secondary N) is 3. The van der Waals surface area contributed by atoms with E-state index in [1.165, 1.54) is 0 Å². The molecule has 0 aliphatic heterocycles. The molecule has 2 aromatic rings. The number of hydrogen-bond acceptors (Lipinski definition) is 3. The number of pyridine rings is 1. The summed E-state index contributed by atoms with van der Waals surface area (Å²) in [5.74, 6) is 1.15. The van der Waals surface area contributed by atoms with E-state index < -0.39 is 0 Å². The number of benzene rings is 1. The predicted molar refractivity (Wildman–Crippen MR) is 115 cm³/mol. The first-order valence-corrected chi connectivity index (χ1v) is 9.87. The van der Waals surface area contributed by atoms with Crippen LogP contribution in [0.15, 0.2) is 53.7 Å². The molecule has 6 heteroatoms. The van der Waals surface area contributed by atoms with E-state index in [9.17, 15) is 4.79 Å². The lowest BCUT2D eigenvalue weighted by molar-refractivity contribution is -0.116. The summed E-state index contributed by atoms with van der Waals surface area (Å²) in [5.41, 5.74) is 2.91. The van der Waals surface area contributed by atoms with Crippen LogP contribution in [0.4, 0.5) is 5.69 Å². The Morgan fingerprint density at radius 2 is 2.00 bits per heavy atom. The normalized spacial score (nSPS) is 11.4. The molecule has 1 aromatic carbocycles. The summed E-state index contributed by atoms with van der Waals surface area (Å²) in [6, 6.07) is 13.8. The Labute approximate surface area is 167 Å². The first kappa shape index (κ1) is 21.4. The Kier molecular flexibility index (Phi) is 8.98. The molecule has 1 aromatic heterocycles. The highest BCUT2D eigenvalue weighted by Crippen LogP contribution is 2.13. The smallest absolute Gasteiger partial charge is 0.224 e. The van der Waals surface area contributed by atoms with Crippen molar-refractivity contribution in [2.24, 2.45) is 10.9 Å².